The quantitative estimate of drug-likeness (QED) is 0.235. The molecule has 5 rings (SSSR count). The van der Waals surface area contributed by atoms with Crippen LogP contribution >= 0.6 is 0 Å². The van der Waals surface area contributed by atoms with Gasteiger partial charge in [-0.15, -0.1) is 0 Å². The van der Waals surface area contributed by atoms with Gasteiger partial charge in [-0.1, -0.05) is 72.8 Å². The van der Waals surface area contributed by atoms with Gasteiger partial charge in [0.2, 0.25) is 0 Å². The molecule has 5 aromatic carbocycles. The summed E-state index contributed by atoms with van der Waals surface area (Å²) in [7, 11) is 0. The third kappa shape index (κ3) is 1.92. The van der Waals surface area contributed by atoms with Gasteiger partial charge in [-0.3, -0.25) is 4.79 Å². The van der Waals surface area contributed by atoms with E-state index in [0.717, 1.165) is 0 Å². The summed E-state index contributed by atoms with van der Waals surface area (Å²) < 4.78 is 0. The molecule has 5 aromatic rings. The summed E-state index contributed by atoms with van der Waals surface area (Å²) in [6.07, 6.45) is 0. The molecule has 0 radical (unpaired) electrons. The Morgan fingerprint density at radius 2 is 0.826 bits per heavy atom. The lowest BCUT2D eigenvalue weighted by Crippen LogP contribution is -1.85. The van der Waals surface area contributed by atoms with Gasteiger partial charge in [-0.25, -0.2) is 0 Å². The molecule has 0 atom stereocenters. The summed E-state index contributed by atoms with van der Waals surface area (Å²) >= 11 is 0. The number of benzene rings is 5. The summed E-state index contributed by atoms with van der Waals surface area (Å²) in [4.78, 5) is 8.36. The summed E-state index contributed by atoms with van der Waals surface area (Å²) in [5.41, 5.74) is 0. The Kier molecular flexibility index (Phi) is 3.09. The highest BCUT2D eigenvalue weighted by molar-refractivity contribution is 6.32. The van der Waals surface area contributed by atoms with Crippen molar-refractivity contribution < 1.29 is 9.90 Å². The summed E-state index contributed by atoms with van der Waals surface area (Å²) in [5.74, 6) is 0. The van der Waals surface area contributed by atoms with Crippen molar-refractivity contribution in [3.8, 4) is 0 Å². The second-order valence-electron chi connectivity index (χ2n) is 5.52. The third-order valence-corrected chi connectivity index (χ3v) is 4.39. The molecule has 0 aromatic heterocycles. The topological polar surface area (TPSA) is 37.3 Å². The van der Waals surface area contributed by atoms with Gasteiger partial charge in [-0.2, -0.15) is 0 Å². The molecule has 0 aliphatic rings. The summed E-state index contributed by atoms with van der Waals surface area (Å²) in [6, 6.07) is 26.4. The molecule has 0 amide bonds. The average molecular weight is 298 g/mol. The van der Waals surface area contributed by atoms with Crippen LogP contribution in [-0.2, 0) is 4.79 Å². The summed E-state index contributed by atoms with van der Waals surface area (Å²) in [5, 5.41) is 17.8. The minimum Gasteiger partial charge on any atom is -0.483 e. The van der Waals surface area contributed by atoms with E-state index in [0.29, 0.717) is 0 Å². The highest BCUT2D eigenvalue weighted by atomic mass is 16.3. The van der Waals surface area contributed by atoms with Crippen molar-refractivity contribution >= 4 is 49.6 Å². The zero-order valence-corrected chi connectivity index (χ0v) is 12.4. The zero-order valence-electron chi connectivity index (χ0n) is 12.4. The van der Waals surface area contributed by atoms with Crippen molar-refractivity contribution in [2.24, 2.45) is 0 Å². The Morgan fingerprint density at radius 1 is 0.565 bits per heavy atom. The Morgan fingerprint density at radius 3 is 1.09 bits per heavy atom. The second kappa shape index (κ2) is 5.25. The third-order valence-electron chi connectivity index (χ3n) is 4.39. The van der Waals surface area contributed by atoms with Crippen molar-refractivity contribution in [2.75, 3.05) is 0 Å². The van der Waals surface area contributed by atoms with Crippen molar-refractivity contribution in [2.45, 2.75) is 0 Å². The molecule has 0 heterocycles. The van der Waals surface area contributed by atoms with Gasteiger partial charge in [0.05, 0.1) is 0 Å². The number of carboxylic acid groups (broad SMARTS) is 1. The Labute approximate surface area is 132 Å². The first-order chi connectivity index (χ1) is 11.3. The number of hydrogen-bond acceptors (Lipinski definition) is 1. The Balaban J connectivity index is 0.000000421. The molecule has 0 unspecified atom stereocenters. The largest absolute Gasteiger partial charge is 0.483 e. The molecule has 110 valence electrons. The second-order valence-corrected chi connectivity index (χ2v) is 5.52. The van der Waals surface area contributed by atoms with Gasteiger partial charge in [-0.05, 0) is 43.1 Å². The van der Waals surface area contributed by atoms with Gasteiger partial charge in [0.15, 0.2) is 0 Å². The highest BCUT2D eigenvalue weighted by Gasteiger charge is 2.11. The molecule has 0 spiro atoms. The van der Waals surface area contributed by atoms with E-state index in [4.69, 9.17) is 9.90 Å². The van der Waals surface area contributed by atoms with Crippen molar-refractivity contribution in [3.05, 3.63) is 72.8 Å². The lowest BCUT2D eigenvalue weighted by molar-refractivity contribution is -0.122. The Bertz CT molecular complexity index is 973. The van der Waals surface area contributed by atoms with Gasteiger partial charge in [0, 0.05) is 0 Å². The molecule has 0 fully saturated rings. The number of carbonyl (C=O) groups is 1. The minimum atomic E-state index is -0.250. The standard InChI is InChI=1S/C20H12.CH2O2/c1-5-13-6-2-11-17-18-12-4-8-14-7-3-10-16(20(14)18)15(9-1)19(13)17;2-1-3/h1-12H;1H,(H,2,3). The van der Waals surface area contributed by atoms with Gasteiger partial charge < -0.3 is 5.11 Å². The van der Waals surface area contributed by atoms with E-state index in [9.17, 15) is 0 Å². The maximum Gasteiger partial charge on any atom is 0.290 e. The smallest absolute Gasteiger partial charge is 0.290 e. The number of rotatable bonds is 0. The predicted octanol–water partition coefficient (Wildman–Crippen LogP) is 5.44. The number of fused-ring (bicyclic) bond motifs is 2. The van der Waals surface area contributed by atoms with E-state index in [2.05, 4.69) is 72.8 Å². The van der Waals surface area contributed by atoms with Crippen LogP contribution in [0.1, 0.15) is 0 Å². The predicted molar refractivity (Wildman–Crippen MR) is 96.3 cm³/mol. The van der Waals surface area contributed by atoms with Crippen LogP contribution in [0.3, 0.4) is 0 Å². The van der Waals surface area contributed by atoms with Crippen LogP contribution in [0.25, 0.3) is 43.1 Å². The molecule has 0 saturated heterocycles. The SMILES string of the molecule is O=CO.c1cc2cccc3c4cccc5cccc(c(c1)c23)c54. The van der Waals surface area contributed by atoms with Crippen LogP contribution in [0, 0.1) is 0 Å². The van der Waals surface area contributed by atoms with E-state index in [1.165, 1.54) is 43.1 Å². The lowest BCUT2D eigenvalue weighted by atomic mass is 9.90. The average Bonchev–Trinajstić information content (AvgIpc) is 2.60. The molecule has 2 nitrogen and oxygen atoms in total. The first kappa shape index (κ1) is 13.5. The van der Waals surface area contributed by atoms with E-state index >= 15 is 0 Å². The van der Waals surface area contributed by atoms with E-state index in [1.54, 1.807) is 0 Å². The zero-order chi connectivity index (χ0) is 15.8. The maximum absolute atomic E-state index is 8.36. The molecule has 2 heteroatoms. The van der Waals surface area contributed by atoms with Gasteiger partial charge >= 0.3 is 0 Å². The monoisotopic (exact) mass is 298 g/mol. The van der Waals surface area contributed by atoms with Crippen LogP contribution in [0.4, 0.5) is 0 Å². The van der Waals surface area contributed by atoms with Crippen LogP contribution in [0.5, 0.6) is 0 Å². The normalized spacial score (nSPS) is 11.0. The first-order valence-electron chi connectivity index (χ1n) is 7.47. The molecule has 0 saturated carbocycles. The van der Waals surface area contributed by atoms with Crippen molar-refractivity contribution in [1.29, 1.82) is 0 Å². The first-order valence-corrected chi connectivity index (χ1v) is 7.47. The van der Waals surface area contributed by atoms with Crippen LogP contribution in [0.15, 0.2) is 72.8 Å². The van der Waals surface area contributed by atoms with Gasteiger partial charge in [0.1, 0.15) is 0 Å². The minimum absolute atomic E-state index is 0.250. The molecule has 0 bridgehead atoms. The highest BCUT2D eigenvalue weighted by Crippen LogP contribution is 2.39. The fourth-order valence-electron chi connectivity index (χ4n) is 3.58. The van der Waals surface area contributed by atoms with Crippen LogP contribution in [-0.4, -0.2) is 11.6 Å². The maximum atomic E-state index is 8.36. The van der Waals surface area contributed by atoms with Crippen molar-refractivity contribution in [1.82, 2.24) is 0 Å². The molecule has 23 heavy (non-hydrogen) atoms. The number of hydrogen-bond donors (Lipinski definition) is 1. The van der Waals surface area contributed by atoms with Crippen molar-refractivity contribution in [3.63, 3.8) is 0 Å². The molecule has 1 N–H and O–H groups in total. The van der Waals surface area contributed by atoms with Crippen LogP contribution in [0.2, 0.25) is 0 Å². The van der Waals surface area contributed by atoms with E-state index < -0.39 is 0 Å². The van der Waals surface area contributed by atoms with Gasteiger partial charge in [0.25, 0.3) is 6.47 Å². The van der Waals surface area contributed by atoms with Crippen LogP contribution < -0.4 is 0 Å². The molecule has 0 aliphatic heterocycles. The fourth-order valence-corrected chi connectivity index (χ4v) is 3.58. The molecular formula is C21H14O2. The molecular weight excluding hydrogens is 284 g/mol. The lowest BCUT2D eigenvalue weighted by Gasteiger charge is -2.13. The van der Waals surface area contributed by atoms with E-state index in [1.807, 2.05) is 0 Å². The Hall–Kier alpha value is -3.13. The molecule has 0 aliphatic carbocycles. The fraction of sp³-hybridized carbons (Fsp3) is 0. The summed E-state index contributed by atoms with van der Waals surface area (Å²) in [6.45, 7) is -0.250. The van der Waals surface area contributed by atoms with E-state index in [-0.39, 0.29) is 6.47 Å².